The molecule has 0 spiro atoms. The first-order valence-corrected chi connectivity index (χ1v) is 5.07. The number of amidine groups is 1. The van der Waals surface area contributed by atoms with E-state index in [4.69, 9.17) is 10.5 Å². The summed E-state index contributed by atoms with van der Waals surface area (Å²) in [6, 6.07) is -2.05. The number of carboxylic acids is 1. The molecule has 0 aliphatic carbocycles. The van der Waals surface area contributed by atoms with Crippen molar-refractivity contribution in [3.05, 3.63) is 12.2 Å². The van der Waals surface area contributed by atoms with Crippen LogP contribution in [0.15, 0.2) is 12.2 Å². The number of carbonyl (C=O) groups excluding carboxylic acids is 1. The number of carbonyl (C=O) groups is 2. The fourth-order valence-electron chi connectivity index (χ4n) is 1.48. The fourth-order valence-corrected chi connectivity index (χ4v) is 1.48. The third kappa shape index (κ3) is 3.04. The smallest absolute Gasteiger partial charge is 0.328 e. The van der Waals surface area contributed by atoms with E-state index in [1.165, 1.54) is 6.92 Å². The van der Waals surface area contributed by atoms with E-state index in [-0.39, 0.29) is 12.3 Å². The summed E-state index contributed by atoms with van der Waals surface area (Å²) in [5.41, 5.74) is 0.495. The third-order valence-corrected chi connectivity index (χ3v) is 2.49. The van der Waals surface area contributed by atoms with Gasteiger partial charge in [0.25, 0.3) is 0 Å². The summed E-state index contributed by atoms with van der Waals surface area (Å²) in [6.07, 6.45) is -0.933. The zero-order valence-corrected chi connectivity index (χ0v) is 9.36. The van der Waals surface area contributed by atoms with Crippen LogP contribution in [0.2, 0.25) is 0 Å². The van der Waals surface area contributed by atoms with Crippen LogP contribution in [0, 0.1) is 5.41 Å². The zero-order valence-electron chi connectivity index (χ0n) is 9.36. The average Bonchev–Trinajstić information content (AvgIpc) is 2.54. The maximum Gasteiger partial charge on any atom is 0.328 e. The van der Waals surface area contributed by atoms with Gasteiger partial charge in [0.2, 0.25) is 5.91 Å². The standard InChI is InChI=1S/C10H15N3O4/c1-4-3-6(12-8(4)11)9(15)13-7(5(2)14)10(16)17/h5-7,14H,1,3H2,2H3,(H2,11,12)(H,13,15)(H,16,17)/t5-,6+,7+/m1/s1. The van der Waals surface area contributed by atoms with E-state index >= 15 is 0 Å². The molecule has 94 valence electrons. The van der Waals surface area contributed by atoms with Gasteiger partial charge in [0, 0.05) is 6.42 Å². The summed E-state index contributed by atoms with van der Waals surface area (Å²) < 4.78 is 0. The number of hydrogen-bond donors (Lipinski definition) is 5. The van der Waals surface area contributed by atoms with Gasteiger partial charge in [-0.3, -0.25) is 10.2 Å². The van der Waals surface area contributed by atoms with Crippen molar-refractivity contribution in [2.45, 2.75) is 31.5 Å². The van der Waals surface area contributed by atoms with Crippen LogP contribution in [0.5, 0.6) is 0 Å². The first-order valence-electron chi connectivity index (χ1n) is 5.07. The molecule has 1 heterocycles. The maximum atomic E-state index is 11.7. The lowest BCUT2D eigenvalue weighted by atomic mass is 10.1. The molecule has 0 aromatic heterocycles. The number of nitrogens with one attached hydrogen (secondary N) is 3. The molecule has 17 heavy (non-hydrogen) atoms. The summed E-state index contributed by atoms with van der Waals surface area (Å²) >= 11 is 0. The quantitative estimate of drug-likeness (QED) is 0.424. The zero-order chi connectivity index (χ0) is 13.2. The van der Waals surface area contributed by atoms with Gasteiger partial charge in [-0.15, -0.1) is 0 Å². The molecule has 0 saturated carbocycles. The molecule has 0 aromatic carbocycles. The Morgan fingerprint density at radius 3 is 2.59 bits per heavy atom. The SMILES string of the molecule is C=C1C[C@@H](C(=O)N[C@H](C(=O)O)[C@@H](C)O)NC1=N. The number of aliphatic hydroxyl groups excluding tert-OH is 1. The number of hydrogen-bond acceptors (Lipinski definition) is 4. The molecule has 1 amide bonds. The van der Waals surface area contributed by atoms with Crippen LogP contribution in [0.1, 0.15) is 13.3 Å². The Bertz CT molecular complexity index is 362. The Morgan fingerprint density at radius 1 is 1.65 bits per heavy atom. The van der Waals surface area contributed by atoms with Crippen LogP contribution in [-0.4, -0.2) is 46.1 Å². The van der Waals surface area contributed by atoms with Crippen molar-refractivity contribution in [2.75, 3.05) is 0 Å². The van der Waals surface area contributed by atoms with Crippen LogP contribution >= 0.6 is 0 Å². The van der Waals surface area contributed by atoms with Crippen LogP contribution in [0.3, 0.4) is 0 Å². The normalized spacial score (nSPS) is 22.8. The maximum absolute atomic E-state index is 11.7. The largest absolute Gasteiger partial charge is 0.480 e. The van der Waals surface area contributed by atoms with Crippen molar-refractivity contribution < 1.29 is 19.8 Å². The molecule has 1 aliphatic heterocycles. The molecular formula is C10H15N3O4. The monoisotopic (exact) mass is 241 g/mol. The third-order valence-electron chi connectivity index (χ3n) is 2.49. The van der Waals surface area contributed by atoms with E-state index in [0.717, 1.165) is 0 Å². The molecule has 0 unspecified atom stereocenters. The van der Waals surface area contributed by atoms with Gasteiger partial charge < -0.3 is 20.8 Å². The summed E-state index contributed by atoms with van der Waals surface area (Å²) in [7, 11) is 0. The Kier molecular flexibility index (Phi) is 3.84. The van der Waals surface area contributed by atoms with Crippen LogP contribution < -0.4 is 10.6 Å². The van der Waals surface area contributed by atoms with E-state index in [9.17, 15) is 14.7 Å². The first-order chi connectivity index (χ1) is 7.82. The van der Waals surface area contributed by atoms with Crippen molar-refractivity contribution in [1.29, 1.82) is 5.41 Å². The van der Waals surface area contributed by atoms with Crippen LogP contribution in [0.25, 0.3) is 0 Å². The average molecular weight is 241 g/mol. The van der Waals surface area contributed by atoms with E-state index in [0.29, 0.717) is 5.57 Å². The van der Waals surface area contributed by atoms with Crippen molar-refractivity contribution in [2.24, 2.45) is 0 Å². The molecule has 1 fully saturated rings. The summed E-state index contributed by atoms with van der Waals surface area (Å²) in [5, 5.41) is 30.2. The number of aliphatic hydroxyl groups is 1. The van der Waals surface area contributed by atoms with Crippen molar-refractivity contribution in [1.82, 2.24) is 10.6 Å². The minimum atomic E-state index is -1.35. The van der Waals surface area contributed by atoms with Gasteiger partial charge in [0.05, 0.1) is 6.10 Å². The lowest BCUT2D eigenvalue weighted by Gasteiger charge is -2.19. The van der Waals surface area contributed by atoms with Gasteiger partial charge in [-0.2, -0.15) is 0 Å². The molecule has 7 heteroatoms. The Labute approximate surface area is 98.0 Å². The minimum Gasteiger partial charge on any atom is -0.480 e. The highest BCUT2D eigenvalue weighted by atomic mass is 16.4. The van der Waals surface area contributed by atoms with E-state index in [1.807, 2.05) is 0 Å². The van der Waals surface area contributed by atoms with Gasteiger partial charge in [-0.25, -0.2) is 4.79 Å². The second kappa shape index (κ2) is 4.96. The molecule has 1 rings (SSSR count). The number of carboxylic acid groups (broad SMARTS) is 1. The van der Waals surface area contributed by atoms with Crippen LogP contribution in [0.4, 0.5) is 0 Å². The van der Waals surface area contributed by atoms with Gasteiger partial charge in [-0.05, 0) is 12.5 Å². The Balaban J connectivity index is 2.63. The summed E-state index contributed by atoms with van der Waals surface area (Å²) in [4.78, 5) is 22.4. The lowest BCUT2D eigenvalue weighted by molar-refractivity contribution is -0.145. The number of aliphatic carboxylic acids is 1. The topological polar surface area (TPSA) is 123 Å². The highest BCUT2D eigenvalue weighted by Crippen LogP contribution is 2.12. The van der Waals surface area contributed by atoms with E-state index < -0.39 is 30.1 Å². The lowest BCUT2D eigenvalue weighted by Crippen LogP contribution is -2.52. The van der Waals surface area contributed by atoms with Crippen molar-refractivity contribution in [3.63, 3.8) is 0 Å². The van der Waals surface area contributed by atoms with Gasteiger partial charge >= 0.3 is 5.97 Å². The fraction of sp³-hybridized carbons (Fsp3) is 0.500. The molecule has 0 radical (unpaired) electrons. The summed E-state index contributed by atoms with van der Waals surface area (Å²) in [5.74, 6) is -1.80. The Morgan fingerprint density at radius 2 is 2.24 bits per heavy atom. The number of rotatable bonds is 4. The molecule has 1 aliphatic rings. The molecule has 0 bridgehead atoms. The highest BCUT2D eigenvalue weighted by molar-refractivity contribution is 6.03. The molecular weight excluding hydrogens is 226 g/mol. The van der Waals surface area contributed by atoms with Crippen molar-refractivity contribution >= 4 is 17.7 Å². The summed E-state index contributed by atoms with van der Waals surface area (Å²) in [6.45, 7) is 4.86. The molecule has 1 saturated heterocycles. The molecule has 7 nitrogen and oxygen atoms in total. The molecule has 3 atom stereocenters. The van der Waals surface area contributed by atoms with Gasteiger partial charge in [0.15, 0.2) is 6.04 Å². The minimum absolute atomic E-state index is 0.0778. The molecule has 0 aromatic rings. The number of amides is 1. The Hall–Kier alpha value is -1.89. The second-order valence-electron chi connectivity index (χ2n) is 3.94. The van der Waals surface area contributed by atoms with Gasteiger partial charge in [0.1, 0.15) is 11.9 Å². The first kappa shape index (κ1) is 13.2. The van der Waals surface area contributed by atoms with Crippen LogP contribution in [-0.2, 0) is 9.59 Å². The van der Waals surface area contributed by atoms with Crippen molar-refractivity contribution in [3.8, 4) is 0 Å². The predicted octanol–water partition coefficient (Wildman–Crippen LogP) is -1.17. The van der Waals surface area contributed by atoms with E-state index in [1.54, 1.807) is 0 Å². The highest BCUT2D eigenvalue weighted by Gasteiger charge is 2.32. The molecule has 5 N–H and O–H groups in total. The van der Waals surface area contributed by atoms with Gasteiger partial charge in [-0.1, -0.05) is 6.58 Å². The second-order valence-corrected chi connectivity index (χ2v) is 3.94. The predicted molar refractivity (Wildman–Crippen MR) is 59.7 cm³/mol. The van der Waals surface area contributed by atoms with E-state index in [2.05, 4.69) is 17.2 Å².